The smallest absolute Gasteiger partial charge is 0.0806 e. The Kier molecular flexibility index (Phi) is 3.76. The predicted molar refractivity (Wildman–Crippen MR) is 41.6 cm³/mol. The van der Waals surface area contributed by atoms with Crippen molar-refractivity contribution in [2.75, 3.05) is 26.2 Å². The van der Waals surface area contributed by atoms with Gasteiger partial charge in [-0.3, -0.25) is 0 Å². The van der Waals surface area contributed by atoms with E-state index in [4.69, 9.17) is 4.74 Å². The molecule has 0 aromatic heterocycles. The lowest BCUT2D eigenvalue weighted by molar-refractivity contribution is 0.165. The first kappa shape index (κ1) is 8.02. The maximum Gasteiger partial charge on any atom is 0.0806 e. The van der Waals surface area contributed by atoms with E-state index in [1.807, 2.05) is 6.92 Å². The summed E-state index contributed by atoms with van der Waals surface area (Å²) in [6.45, 7) is 8.18. The molecule has 1 rings (SSSR count). The summed E-state index contributed by atoms with van der Waals surface area (Å²) in [7, 11) is 0. The van der Waals surface area contributed by atoms with E-state index in [-0.39, 0.29) is 0 Å². The highest BCUT2D eigenvalue weighted by molar-refractivity contribution is 4.65. The molecule has 0 aliphatic carbocycles. The maximum atomic E-state index is 5.13. The van der Waals surface area contributed by atoms with Crippen LogP contribution in [0.25, 0.3) is 0 Å². The lowest BCUT2D eigenvalue weighted by Gasteiger charge is -2.13. The topological polar surface area (TPSA) is 12.5 Å². The Bertz CT molecular complexity index is 79.3. The summed E-state index contributed by atoms with van der Waals surface area (Å²) in [4.78, 5) is 2.45. The standard InChI is InChI=1S/C8H16NO/c1-2-10-8-7-9-5-3-4-6-9/h2H,3-8H2,1H3. The summed E-state index contributed by atoms with van der Waals surface area (Å²) in [5.41, 5.74) is 0. The monoisotopic (exact) mass is 142 g/mol. The van der Waals surface area contributed by atoms with Gasteiger partial charge < -0.3 is 9.64 Å². The van der Waals surface area contributed by atoms with Crippen LogP contribution in [0.4, 0.5) is 0 Å². The first-order valence-corrected chi connectivity index (χ1v) is 4.05. The van der Waals surface area contributed by atoms with Gasteiger partial charge in [-0.05, 0) is 32.9 Å². The largest absolute Gasteiger partial charge is 0.374 e. The summed E-state index contributed by atoms with van der Waals surface area (Å²) >= 11 is 0. The number of likely N-dealkylation sites (tertiary alicyclic amines) is 1. The molecule has 59 valence electrons. The third-order valence-electron chi connectivity index (χ3n) is 1.89. The van der Waals surface area contributed by atoms with Crippen molar-refractivity contribution in [3.05, 3.63) is 6.61 Å². The molecular weight excluding hydrogens is 126 g/mol. The van der Waals surface area contributed by atoms with Gasteiger partial charge in [-0.2, -0.15) is 0 Å². The molecule has 0 amide bonds. The van der Waals surface area contributed by atoms with Gasteiger partial charge in [0.25, 0.3) is 0 Å². The first-order valence-electron chi connectivity index (χ1n) is 4.05. The summed E-state index contributed by atoms with van der Waals surface area (Å²) in [6.07, 6.45) is 2.74. The Hall–Kier alpha value is -0.0800. The molecule has 1 aliphatic heterocycles. The minimum atomic E-state index is 0.858. The van der Waals surface area contributed by atoms with Crippen LogP contribution in [0, 0.1) is 6.61 Å². The van der Waals surface area contributed by atoms with Crippen LogP contribution in [-0.2, 0) is 4.74 Å². The maximum absolute atomic E-state index is 5.13. The molecule has 0 saturated carbocycles. The zero-order chi connectivity index (χ0) is 7.23. The van der Waals surface area contributed by atoms with Gasteiger partial charge in [0.15, 0.2) is 0 Å². The van der Waals surface area contributed by atoms with E-state index >= 15 is 0 Å². The normalized spacial score (nSPS) is 20.1. The fraction of sp³-hybridized carbons (Fsp3) is 0.875. The summed E-state index contributed by atoms with van der Waals surface area (Å²) in [5, 5.41) is 0. The van der Waals surface area contributed by atoms with Crippen LogP contribution < -0.4 is 0 Å². The third-order valence-corrected chi connectivity index (χ3v) is 1.89. The quantitative estimate of drug-likeness (QED) is 0.548. The lowest BCUT2D eigenvalue weighted by atomic mass is 10.4. The van der Waals surface area contributed by atoms with E-state index in [0.717, 1.165) is 13.2 Å². The van der Waals surface area contributed by atoms with Crippen LogP contribution in [0.2, 0.25) is 0 Å². The van der Waals surface area contributed by atoms with Crippen molar-refractivity contribution in [3.8, 4) is 0 Å². The Morgan fingerprint density at radius 3 is 2.70 bits per heavy atom. The van der Waals surface area contributed by atoms with Gasteiger partial charge in [0.05, 0.1) is 13.2 Å². The van der Waals surface area contributed by atoms with E-state index in [2.05, 4.69) is 4.90 Å². The van der Waals surface area contributed by atoms with E-state index in [1.165, 1.54) is 25.9 Å². The molecule has 0 bridgehead atoms. The third kappa shape index (κ3) is 2.67. The zero-order valence-electron chi connectivity index (χ0n) is 6.68. The number of hydrogen-bond acceptors (Lipinski definition) is 2. The van der Waals surface area contributed by atoms with Crippen molar-refractivity contribution in [1.82, 2.24) is 4.90 Å². The van der Waals surface area contributed by atoms with Crippen molar-refractivity contribution in [2.24, 2.45) is 0 Å². The zero-order valence-corrected chi connectivity index (χ0v) is 6.68. The van der Waals surface area contributed by atoms with Crippen molar-refractivity contribution in [2.45, 2.75) is 19.8 Å². The van der Waals surface area contributed by atoms with Crippen LogP contribution in [0.1, 0.15) is 19.8 Å². The van der Waals surface area contributed by atoms with Gasteiger partial charge in [0, 0.05) is 6.54 Å². The molecule has 1 saturated heterocycles. The SMILES string of the molecule is C[CH]OCCN1CCCC1. The molecule has 2 nitrogen and oxygen atoms in total. The molecule has 0 aromatic rings. The Morgan fingerprint density at radius 2 is 2.10 bits per heavy atom. The molecule has 0 aromatic carbocycles. The molecule has 0 atom stereocenters. The Balaban J connectivity index is 1.91. The van der Waals surface area contributed by atoms with Crippen LogP contribution in [0.15, 0.2) is 0 Å². The molecule has 10 heavy (non-hydrogen) atoms. The van der Waals surface area contributed by atoms with Gasteiger partial charge in [-0.15, -0.1) is 0 Å². The highest BCUT2D eigenvalue weighted by atomic mass is 16.5. The summed E-state index contributed by atoms with van der Waals surface area (Å²) < 4.78 is 5.13. The molecule has 0 unspecified atom stereocenters. The lowest BCUT2D eigenvalue weighted by Crippen LogP contribution is -2.23. The van der Waals surface area contributed by atoms with Gasteiger partial charge in [0.1, 0.15) is 0 Å². The molecule has 1 radical (unpaired) electrons. The second-order valence-electron chi connectivity index (χ2n) is 2.66. The fourth-order valence-corrected chi connectivity index (χ4v) is 1.31. The van der Waals surface area contributed by atoms with Crippen LogP contribution in [0.3, 0.4) is 0 Å². The predicted octanol–water partition coefficient (Wildman–Crippen LogP) is 1.28. The number of nitrogens with zero attached hydrogens (tertiary/aromatic N) is 1. The average Bonchev–Trinajstić information content (AvgIpc) is 2.41. The van der Waals surface area contributed by atoms with E-state index in [0.29, 0.717) is 0 Å². The van der Waals surface area contributed by atoms with Crippen molar-refractivity contribution in [1.29, 1.82) is 0 Å². The fourth-order valence-electron chi connectivity index (χ4n) is 1.31. The minimum absolute atomic E-state index is 0.858. The highest BCUT2D eigenvalue weighted by Crippen LogP contribution is 2.05. The molecule has 0 N–H and O–H groups in total. The van der Waals surface area contributed by atoms with Crippen molar-refractivity contribution in [3.63, 3.8) is 0 Å². The van der Waals surface area contributed by atoms with Crippen molar-refractivity contribution < 1.29 is 4.74 Å². The van der Waals surface area contributed by atoms with E-state index < -0.39 is 0 Å². The molecule has 1 fully saturated rings. The second kappa shape index (κ2) is 4.69. The van der Waals surface area contributed by atoms with E-state index in [1.54, 1.807) is 6.61 Å². The van der Waals surface area contributed by atoms with Crippen LogP contribution in [0.5, 0.6) is 0 Å². The second-order valence-corrected chi connectivity index (χ2v) is 2.66. The summed E-state index contributed by atoms with van der Waals surface area (Å²) in [5.74, 6) is 0. The highest BCUT2D eigenvalue weighted by Gasteiger charge is 2.09. The Labute approximate surface area is 63.2 Å². The number of hydrogen-bond donors (Lipinski definition) is 0. The number of rotatable bonds is 4. The van der Waals surface area contributed by atoms with Crippen LogP contribution in [-0.4, -0.2) is 31.1 Å². The molecular formula is C8H16NO. The molecule has 0 spiro atoms. The molecule has 1 heterocycles. The number of ether oxygens (including phenoxy) is 1. The van der Waals surface area contributed by atoms with Gasteiger partial charge in [0.2, 0.25) is 0 Å². The Morgan fingerprint density at radius 1 is 1.40 bits per heavy atom. The van der Waals surface area contributed by atoms with E-state index in [9.17, 15) is 0 Å². The van der Waals surface area contributed by atoms with Crippen molar-refractivity contribution >= 4 is 0 Å². The van der Waals surface area contributed by atoms with Crippen LogP contribution >= 0.6 is 0 Å². The van der Waals surface area contributed by atoms with Gasteiger partial charge >= 0.3 is 0 Å². The molecule has 2 heteroatoms. The summed E-state index contributed by atoms with van der Waals surface area (Å²) in [6, 6.07) is 0. The van der Waals surface area contributed by atoms with Gasteiger partial charge in [-0.25, -0.2) is 0 Å². The molecule has 1 aliphatic rings. The minimum Gasteiger partial charge on any atom is -0.374 e. The first-order chi connectivity index (χ1) is 4.93. The van der Waals surface area contributed by atoms with Gasteiger partial charge in [-0.1, -0.05) is 0 Å². The average molecular weight is 142 g/mol.